The fraction of sp³-hybridized carbons (Fsp3) is 0.167. The molecule has 0 bridgehead atoms. The van der Waals surface area contributed by atoms with Crippen molar-refractivity contribution in [1.82, 2.24) is 9.78 Å². The highest BCUT2D eigenvalue weighted by Crippen LogP contribution is 2.10. The van der Waals surface area contributed by atoms with E-state index in [9.17, 15) is 4.39 Å². The average Bonchev–Trinajstić information content (AvgIpc) is 2.63. The standard InChI is InChI=1S/C12H10FN3/c1-9-2-3-16(15-9)8-11-4-10(7-14)5-12(13)6-11/h2-6H,8H2,1H3. The van der Waals surface area contributed by atoms with Gasteiger partial charge in [-0.25, -0.2) is 4.39 Å². The Morgan fingerprint density at radius 1 is 1.44 bits per heavy atom. The van der Waals surface area contributed by atoms with Gasteiger partial charge in [0.1, 0.15) is 5.82 Å². The summed E-state index contributed by atoms with van der Waals surface area (Å²) < 4.78 is 14.9. The second-order valence-electron chi connectivity index (χ2n) is 3.61. The Morgan fingerprint density at radius 3 is 2.88 bits per heavy atom. The number of aryl methyl sites for hydroxylation is 1. The Morgan fingerprint density at radius 2 is 2.25 bits per heavy atom. The Kier molecular flexibility index (Phi) is 2.69. The Labute approximate surface area is 92.7 Å². The van der Waals surface area contributed by atoms with Crippen molar-refractivity contribution >= 4 is 0 Å². The minimum Gasteiger partial charge on any atom is -0.268 e. The van der Waals surface area contributed by atoms with E-state index in [2.05, 4.69) is 5.10 Å². The van der Waals surface area contributed by atoms with Crippen molar-refractivity contribution in [1.29, 1.82) is 5.26 Å². The molecule has 1 aromatic carbocycles. The summed E-state index contributed by atoms with van der Waals surface area (Å²) in [5.74, 6) is -0.391. The van der Waals surface area contributed by atoms with Crippen LogP contribution < -0.4 is 0 Å². The lowest BCUT2D eigenvalue weighted by molar-refractivity contribution is 0.618. The summed E-state index contributed by atoms with van der Waals surface area (Å²) in [6.45, 7) is 2.36. The average molecular weight is 215 g/mol. The second kappa shape index (κ2) is 4.15. The number of hydrogen-bond acceptors (Lipinski definition) is 2. The van der Waals surface area contributed by atoms with Gasteiger partial charge in [-0.05, 0) is 36.8 Å². The molecular weight excluding hydrogens is 205 g/mol. The monoisotopic (exact) mass is 215 g/mol. The number of halogens is 1. The molecule has 1 aromatic heterocycles. The van der Waals surface area contributed by atoms with Crippen molar-refractivity contribution < 1.29 is 4.39 Å². The smallest absolute Gasteiger partial charge is 0.124 e. The first-order valence-electron chi connectivity index (χ1n) is 4.87. The fourth-order valence-corrected chi connectivity index (χ4v) is 1.54. The van der Waals surface area contributed by atoms with Crippen LogP contribution in [0.25, 0.3) is 0 Å². The molecule has 0 aliphatic heterocycles. The normalized spacial score (nSPS) is 10.1. The molecule has 0 aliphatic carbocycles. The van der Waals surface area contributed by atoms with Gasteiger partial charge in [0.05, 0.1) is 23.9 Å². The quantitative estimate of drug-likeness (QED) is 0.771. The molecule has 3 nitrogen and oxygen atoms in total. The van der Waals surface area contributed by atoms with Crippen LogP contribution in [0.15, 0.2) is 30.5 Å². The van der Waals surface area contributed by atoms with E-state index < -0.39 is 5.82 Å². The molecule has 0 aliphatic rings. The highest BCUT2D eigenvalue weighted by molar-refractivity contribution is 5.33. The lowest BCUT2D eigenvalue weighted by atomic mass is 10.1. The predicted octanol–water partition coefficient (Wildman–Crippen LogP) is 2.25. The van der Waals surface area contributed by atoms with Crippen molar-refractivity contribution in [3.8, 4) is 6.07 Å². The van der Waals surface area contributed by atoms with Crippen LogP contribution in [0.5, 0.6) is 0 Å². The Hall–Kier alpha value is -2.15. The SMILES string of the molecule is Cc1ccn(Cc2cc(F)cc(C#N)c2)n1. The Balaban J connectivity index is 2.28. The molecule has 2 aromatic rings. The van der Waals surface area contributed by atoms with Crippen LogP contribution >= 0.6 is 0 Å². The predicted molar refractivity (Wildman–Crippen MR) is 57.2 cm³/mol. The maximum atomic E-state index is 13.1. The van der Waals surface area contributed by atoms with Gasteiger partial charge in [-0.2, -0.15) is 10.4 Å². The molecule has 0 N–H and O–H groups in total. The van der Waals surface area contributed by atoms with Gasteiger partial charge >= 0.3 is 0 Å². The van der Waals surface area contributed by atoms with Crippen LogP contribution in [0.3, 0.4) is 0 Å². The summed E-state index contributed by atoms with van der Waals surface area (Å²) >= 11 is 0. The Bertz CT molecular complexity index is 552. The zero-order valence-electron chi connectivity index (χ0n) is 8.81. The van der Waals surface area contributed by atoms with Crippen molar-refractivity contribution in [3.63, 3.8) is 0 Å². The van der Waals surface area contributed by atoms with Crippen molar-refractivity contribution in [2.24, 2.45) is 0 Å². The van der Waals surface area contributed by atoms with Gasteiger partial charge in [-0.1, -0.05) is 0 Å². The zero-order valence-corrected chi connectivity index (χ0v) is 8.81. The molecule has 0 amide bonds. The molecule has 0 radical (unpaired) electrons. The zero-order chi connectivity index (χ0) is 11.5. The molecule has 0 saturated heterocycles. The first-order chi connectivity index (χ1) is 7.67. The van der Waals surface area contributed by atoms with E-state index in [0.717, 1.165) is 11.3 Å². The van der Waals surface area contributed by atoms with Gasteiger partial charge in [-0.15, -0.1) is 0 Å². The van der Waals surface area contributed by atoms with E-state index in [1.807, 2.05) is 25.3 Å². The third kappa shape index (κ3) is 2.26. The maximum absolute atomic E-state index is 13.1. The molecule has 0 atom stereocenters. The number of aromatic nitrogens is 2. The summed E-state index contributed by atoms with van der Waals surface area (Å²) in [6, 6.07) is 8.11. The summed E-state index contributed by atoms with van der Waals surface area (Å²) in [5.41, 5.74) is 1.98. The molecule has 0 unspecified atom stereocenters. The van der Waals surface area contributed by atoms with Crippen LogP contribution in [-0.2, 0) is 6.54 Å². The highest BCUT2D eigenvalue weighted by Gasteiger charge is 2.02. The number of rotatable bonds is 2. The van der Waals surface area contributed by atoms with Crippen LogP contribution in [-0.4, -0.2) is 9.78 Å². The molecule has 0 spiro atoms. The van der Waals surface area contributed by atoms with E-state index in [1.54, 1.807) is 10.7 Å². The maximum Gasteiger partial charge on any atom is 0.124 e. The van der Waals surface area contributed by atoms with Gasteiger partial charge in [0.15, 0.2) is 0 Å². The molecule has 16 heavy (non-hydrogen) atoms. The second-order valence-corrected chi connectivity index (χ2v) is 3.61. The molecule has 80 valence electrons. The third-order valence-corrected chi connectivity index (χ3v) is 2.21. The highest BCUT2D eigenvalue weighted by atomic mass is 19.1. The number of hydrogen-bond donors (Lipinski definition) is 0. The van der Waals surface area contributed by atoms with E-state index >= 15 is 0 Å². The van der Waals surface area contributed by atoms with Crippen LogP contribution in [0.4, 0.5) is 4.39 Å². The van der Waals surface area contributed by atoms with Crippen molar-refractivity contribution in [2.45, 2.75) is 13.5 Å². The molecule has 0 fully saturated rings. The number of nitriles is 1. The lowest BCUT2D eigenvalue weighted by Gasteiger charge is -2.02. The largest absolute Gasteiger partial charge is 0.268 e. The van der Waals surface area contributed by atoms with Gasteiger partial charge in [0.25, 0.3) is 0 Å². The van der Waals surface area contributed by atoms with Crippen LogP contribution in [0, 0.1) is 24.1 Å². The summed E-state index contributed by atoms with van der Waals surface area (Å²) in [4.78, 5) is 0. The lowest BCUT2D eigenvalue weighted by Crippen LogP contribution is -2.01. The van der Waals surface area contributed by atoms with E-state index in [4.69, 9.17) is 5.26 Å². The first kappa shape index (κ1) is 10.4. The molecule has 1 heterocycles. The van der Waals surface area contributed by atoms with Gasteiger partial charge in [-0.3, -0.25) is 4.68 Å². The van der Waals surface area contributed by atoms with E-state index in [1.165, 1.54) is 12.1 Å². The van der Waals surface area contributed by atoms with Crippen LogP contribution in [0.2, 0.25) is 0 Å². The third-order valence-electron chi connectivity index (χ3n) is 2.21. The topological polar surface area (TPSA) is 41.6 Å². The van der Waals surface area contributed by atoms with Crippen LogP contribution in [0.1, 0.15) is 16.8 Å². The van der Waals surface area contributed by atoms with Gasteiger partial charge in [0, 0.05) is 6.20 Å². The number of benzene rings is 1. The van der Waals surface area contributed by atoms with Crippen molar-refractivity contribution in [2.75, 3.05) is 0 Å². The summed E-state index contributed by atoms with van der Waals surface area (Å²) in [5, 5.41) is 12.9. The van der Waals surface area contributed by atoms with E-state index in [0.29, 0.717) is 12.1 Å². The molecular formula is C12H10FN3. The minimum absolute atomic E-state index is 0.332. The van der Waals surface area contributed by atoms with E-state index in [-0.39, 0.29) is 0 Å². The van der Waals surface area contributed by atoms with Crippen molar-refractivity contribution in [3.05, 3.63) is 53.1 Å². The number of nitrogens with zero attached hydrogens (tertiary/aromatic N) is 3. The minimum atomic E-state index is -0.391. The van der Waals surface area contributed by atoms with Gasteiger partial charge in [0.2, 0.25) is 0 Å². The first-order valence-corrected chi connectivity index (χ1v) is 4.87. The summed E-state index contributed by atoms with van der Waals surface area (Å²) in [6.07, 6.45) is 1.83. The molecule has 2 rings (SSSR count). The molecule has 0 saturated carbocycles. The summed E-state index contributed by atoms with van der Waals surface area (Å²) in [7, 11) is 0. The molecule has 4 heteroatoms. The van der Waals surface area contributed by atoms with Gasteiger partial charge < -0.3 is 0 Å². The fourth-order valence-electron chi connectivity index (χ4n) is 1.54.